The van der Waals surface area contributed by atoms with E-state index in [1.54, 1.807) is 4.68 Å². The number of nitrogens with one attached hydrogen (secondary N) is 1. The summed E-state index contributed by atoms with van der Waals surface area (Å²) in [6, 6.07) is 0. The molecule has 3 N–H and O–H groups in total. The Morgan fingerprint density at radius 1 is 1.60 bits per heavy atom. The van der Waals surface area contributed by atoms with Gasteiger partial charge in [0.2, 0.25) is 0 Å². The summed E-state index contributed by atoms with van der Waals surface area (Å²) in [6.07, 6.45) is 0. The van der Waals surface area contributed by atoms with Crippen molar-refractivity contribution in [3.63, 3.8) is 0 Å². The van der Waals surface area contributed by atoms with Crippen molar-refractivity contribution < 1.29 is 0 Å². The lowest BCUT2D eigenvalue weighted by Crippen LogP contribution is -2.00. The lowest BCUT2D eigenvalue weighted by Gasteiger charge is -1.99. The van der Waals surface area contributed by atoms with Crippen LogP contribution in [0.2, 0.25) is 0 Å². The van der Waals surface area contributed by atoms with Gasteiger partial charge in [-0.05, 0) is 6.92 Å². The molecule has 1 heterocycles. The van der Waals surface area contributed by atoms with Gasteiger partial charge in [0.05, 0.1) is 11.4 Å². The normalized spacial score (nSPS) is 9.90. The van der Waals surface area contributed by atoms with Crippen molar-refractivity contribution in [3.8, 4) is 0 Å². The van der Waals surface area contributed by atoms with Crippen molar-refractivity contribution in [2.45, 2.75) is 6.92 Å². The molecule has 56 valence electrons. The van der Waals surface area contributed by atoms with Gasteiger partial charge in [-0.1, -0.05) is 0 Å². The lowest BCUT2D eigenvalue weighted by atomic mass is 10.4. The maximum atomic E-state index is 5.67. The topological polar surface area (TPSA) is 55.9 Å². The van der Waals surface area contributed by atoms with Gasteiger partial charge in [-0.2, -0.15) is 5.10 Å². The van der Waals surface area contributed by atoms with E-state index in [-0.39, 0.29) is 0 Å². The second-order valence-electron chi connectivity index (χ2n) is 2.22. The Balaban J connectivity index is 3.20. The molecule has 0 saturated heterocycles. The Morgan fingerprint density at radius 3 is 2.40 bits per heavy atom. The summed E-state index contributed by atoms with van der Waals surface area (Å²) in [5.41, 5.74) is 7.26. The highest BCUT2D eigenvalue weighted by molar-refractivity contribution is 5.64. The van der Waals surface area contributed by atoms with Crippen LogP contribution < -0.4 is 11.1 Å². The molecule has 0 aliphatic rings. The molecule has 0 saturated carbocycles. The van der Waals surface area contributed by atoms with Crippen LogP contribution in [-0.2, 0) is 7.05 Å². The summed E-state index contributed by atoms with van der Waals surface area (Å²) in [6.45, 7) is 1.89. The Bertz CT molecular complexity index is 238. The molecule has 1 rings (SSSR count). The molecule has 10 heavy (non-hydrogen) atoms. The van der Waals surface area contributed by atoms with E-state index in [1.165, 1.54) is 0 Å². The highest BCUT2D eigenvalue weighted by atomic mass is 15.3. The molecule has 4 nitrogen and oxygen atoms in total. The maximum absolute atomic E-state index is 5.67. The molecule has 1 aromatic heterocycles. The summed E-state index contributed by atoms with van der Waals surface area (Å²) in [7, 11) is 3.68. The van der Waals surface area contributed by atoms with Crippen LogP contribution in [0.25, 0.3) is 0 Å². The first kappa shape index (κ1) is 6.92. The SMILES string of the molecule is CNc1c(N)c(C)nn1C. The van der Waals surface area contributed by atoms with E-state index in [0.29, 0.717) is 0 Å². The number of nitrogens with zero attached hydrogens (tertiary/aromatic N) is 2. The summed E-state index contributed by atoms with van der Waals surface area (Å²) in [5.74, 6) is 0.873. The van der Waals surface area contributed by atoms with E-state index in [1.807, 2.05) is 21.0 Å². The van der Waals surface area contributed by atoms with Crippen molar-refractivity contribution in [2.24, 2.45) is 7.05 Å². The number of hydrogen-bond donors (Lipinski definition) is 2. The molecule has 1 aromatic rings. The first-order chi connectivity index (χ1) is 4.66. The Morgan fingerprint density at radius 2 is 2.20 bits per heavy atom. The van der Waals surface area contributed by atoms with Gasteiger partial charge in [-0.3, -0.25) is 4.68 Å². The van der Waals surface area contributed by atoms with Crippen LogP contribution in [0.1, 0.15) is 5.69 Å². The van der Waals surface area contributed by atoms with Gasteiger partial charge in [0.1, 0.15) is 5.82 Å². The number of aromatic nitrogens is 2. The fraction of sp³-hybridized carbons (Fsp3) is 0.500. The van der Waals surface area contributed by atoms with Crippen LogP contribution in [-0.4, -0.2) is 16.8 Å². The van der Waals surface area contributed by atoms with Gasteiger partial charge < -0.3 is 11.1 Å². The third-order valence-corrected chi connectivity index (χ3v) is 1.51. The monoisotopic (exact) mass is 140 g/mol. The predicted octanol–water partition coefficient (Wildman–Crippen LogP) is 0.352. The van der Waals surface area contributed by atoms with Gasteiger partial charge in [-0.15, -0.1) is 0 Å². The number of rotatable bonds is 1. The predicted molar refractivity (Wildman–Crippen MR) is 41.9 cm³/mol. The molecular weight excluding hydrogens is 128 g/mol. The number of hydrogen-bond acceptors (Lipinski definition) is 3. The quantitative estimate of drug-likeness (QED) is 0.592. The van der Waals surface area contributed by atoms with Gasteiger partial charge >= 0.3 is 0 Å². The Labute approximate surface area is 60.0 Å². The van der Waals surface area contributed by atoms with E-state index >= 15 is 0 Å². The van der Waals surface area contributed by atoms with Gasteiger partial charge in [-0.25, -0.2) is 0 Å². The molecule has 0 aliphatic carbocycles. The summed E-state index contributed by atoms with van der Waals surface area (Å²) in [4.78, 5) is 0. The van der Waals surface area contributed by atoms with Crippen molar-refractivity contribution in [2.75, 3.05) is 18.1 Å². The van der Waals surface area contributed by atoms with Crippen LogP contribution in [0.4, 0.5) is 11.5 Å². The van der Waals surface area contributed by atoms with Gasteiger partial charge in [0, 0.05) is 14.1 Å². The minimum Gasteiger partial charge on any atom is -0.394 e. The van der Waals surface area contributed by atoms with Crippen molar-refractivity contribution >= 4 is 11.5 Å². The van der Waals surface area contributed by atoms with Gasteiger partial charge in [0.25, 0.3) is 0 Å². The van der Waals surface area contributed by atoms with E-state index in [9.17, 15) is 0 Å². The molecule has 0 bridgehead atoms. The number of anilines is 2. The van der Waals surface area contributed by atoms with Crippen molar-refractivity contribution in [3.05, 3.63) is 5.69 Å². The highest BCUT2D eigenvalue weighted by Crippen LogP contribution is 2.19. The molecule has 0 fully saturated rings. The zero-order valence-corrected chi connectivity index (χ0v) is 6.47. The average Bonchev–Trinajstić information content (AvgIpc) is 2.09. The van der Waals surface area contributed by atoms with Crippen LogP contribution in [0.3, 0.4) is 0 Å². The second kappa shape index (κ2) is 2.21. The molecule has 0 spiro atoms. The zero-order valence-electron chi connectivity index (χ0n) is 6.47. The van der Waals surface area contributed by atoms with Gasteiger partial charge in [0.15, 0.2) is 0 Å². The first-order valence-corrected chi connectivity index (χ1v) is 3.13. The lowest BCUT2D eigenvalue weighted by molar-refractivity contribution is 0.763. The van der Waals surface area contributed by atoms with E-state index in [2.05, 4.69) is 10.4 Å². The highest BCUT2D eigenvalue weighted by Gasteiger charge is 2.06. The third kappa shape index (κ3) is 0.814. The fourth-order valence-electron chi connectivity index (χ4n) is 0.971. The number of nitrogens with two attached hydrogens (primary N) is 1. The molecule has 0 unspecified atom stereocenters. The molecule has 0 amide bonds. The molecule has 0 atom stereocenters. The molecule has 4 heteroatoms. The smallest absolute Gasteiger partial charge is 0.147 e. The Hall–Kier alpha value is -1.19. The molecule has 0 aromatic carbocycles. The summed E-state index contributed by atoms with van der Waals surface area (Å²) in [5, 5.41) is 7.07. The number of nitrogen functional groups attached to an aromatic ring is 1. The average molecular weight is 140 g/mol. The minimum absolute atomic E-state index is 0.727. The van der Waals surface area contributed by atoms with Crippen LogP contribution in [0.5, 0.6) is 0 Å². The second-order valence-corrected chi connectivity index (χ2v) is 2.22. The van der Waals surface area contributed by atoms with E-state index in [4.69, 9.17) is 5.73 Å². The first-order valence-electron chi connectivity index (χ1n) is 3.13. The number of aryl methyl sites for hydroxylation is 2. The standard InChI is InChI=1S/C6H12N4/c1-4-5(7)6(8-2)10(3)9-4/h8H,7H2,1-3H3. The van der Waals surface area contributed by atoms with Crippen LogP contribution in [0.15, 0.2) is 0 Å². The molecule has 0 aliphatic heterocycles. The zero-order chi connectivity index (χ0) is 7.72. The molecule has 0 radical (unpaired) electrons. The Kier molecular flexibility index (Phi) is 1.53. The van der Waals surface area contributed by atoms with E-state index in [0.717, 1.165) is 17.2 Å². The minimum atomic E-state index is 0.727. The largest absolute Gasteiger partial charge is 0.394 e. The third-order valence-electron chi connectivity index (χ3n) is 1.51. The van der Waals surface area contributed by atoms with Crippen molar-refractivity contribution in [1.82, 2.24) is 9.78 Å². The van der Waals surface area contributed by atoms with Crippen LogP contribution in [0, 0.1) is 6.92 Å². The summed E-state index contributed by atoms with van der Waals surface area (Å²) < 4.78 is 1.73. The van der Waals surface area contributed by atoms with Crippen LogP contribution >= 0.6 is 0 Å². The summed E-state index contributed by atoms with van der Waals surface area (Å²) >= 11 is 0. The fourth-order valence-corrected chi connectivity index (χ4v) is 0.971. The van der Waals surface area contributed by atoms with E-state index < -0.39 is 0 Å². The molecular formula is C6H12N4. The maximum Gasteiger partial charge on any atom is 0.147 e. The van der Waals surface area contributed by atoms with Crippen molar-refractivity contribution in [1.29, 1.82) is 0 Å².